The SMILES string of the molecule is COC(=O)/C(=C/C=C(C)C)NC(=O)P. The molecule has 0 spiro atoms. The van der Waals surface area contributed by atoms with Gasteiger partial charge in [0.05, 0.1) is 7.11 Å². The fourth-order valence-corrected chi connectivity index (χ4v) is 0.809. The van der Waals surface area contributed by atoms with Crippen molar-refractivity contribution in [3.05, 3.63) is 23.4 Å². The standard InChI is InChI=1S/C9H14NO3P/c1-6(2)4-5-7(8(11)13-3)10-9(12)14/h4-5H,14H2,1-3H3,(H,10,12)/b7-5-. The van der Waals surface area contributed by atoms with E-state index in [0.717, 1.165) is 5.57 Å². The van der Waals surface area contributed by atoms with E-state index >= 15 is 0 Å². The fourth-order valence-electron chi connectivity index (χ4n) is 0.653. The third kappa shape index (κ3) is 5.49. The third-order valence-corrected chi connectivity index (χ3v) is 1.39. The predicted molar refractivity (Wildman–Crippen MR) is 57.8 cm³/mol. The van der Waals surface area contributed by atoms with E-state index < -0.39 is 5.97 Å². The van der Waals surface area contributed by atoms with Crippen molar-refractivity contribution in [2.45, 2.75) is 13.8 Å². The molecule has 1 atom stereocenters. The van der Waals surface area contributed by atoms with Crippen LogP contribution in [0.25, 0.3) is 0 Å². The number of nitrogens with one attached hydrogen (secondary N) is 1. The molecule has 1 N–H and O–H groups in total. The second-order valence-electron chi connectivity index (χ2n) is 2.81. The molecule has 0 saturated heterocycles. The number of carbonyl (C=O) groups excluding carboxylic acids is 2. The van der Waals surface area contributed by atoms with Crippen molar-refractivity contribution in [3.8, 4) is 0 Å². The molecule has 0 aromatic heterocycles. The van der Waals surface area contributed by atoms with Gasteiger partial charge < -0.3 is 10.1 Å². The Morgan fingerprint density at radius 2 is 1.86 bits per heavy atom. The van der Waals surface area contributed by atoms with E-state index in [2.05, 4.69) is 10.1 Å². The highest BCUT2D eigenvalue weighted by atomic mass is 31.0. The number of ether oxygens (including phenoxy) is 1. The average Bonchev–Trinajstić information content (AvgIpc) is 2.10. The Labute approximate surface area is 85.6 Å². The summed E-state index contributed by atoms with van der Waals surface area (Å²) in [5.74, 6) is -0.571. The Morgan fingerprint density at radius 1 is 1.29 bits per heavy atom. The number of allylic oxidation sites excluding steroid dienone is 3. The number of hydrogen-bond donors (Lipinski definition) is 1. The third-order valence-electron chi connectivity index (χ3n) is 1.25. The Balaban J connectivity index is 4.71. The highest BCUT2D eigenvalue weighted by Gasteiger charge is 2.09. The average molecular weight is 215 g/mol. The monoisotopic (exact) mass is 215 g/mol. The Kier molecular flexibility index (Phi) is 5.81. The van der Waals surface area contributed by atoms with Crippen LogP contribution in [0.1, 0.15) is 13.8 Å². The van der Waals surface area contributed by atoms with Gasteiger partial charge in [-0.1, -0.05) is 11.6 Å². The Hall–Kier alpha value is -1.15. The first-order chi connectivity index (χ1) is 6.47. The van der Waals surface area contributed by atoms with Gasteiger partial charge in [-0.3, -0.25) is 4.79 Å². The zero-order chi connectivity index (χ0) is 11.1. The quantitative estimate of drug-likeness (QED) is 0.336. The zero-order valence-electron chi connectivity index (χ0n) is 8.46. The smallest absolute Gasteiger partial charge is 0.354 e. The molecule has 0 aliphatic heterocycles. The van der Waals surface area contributed by atoms with Crippen LogP contribution in [-0.2, 0) is 9.53 Å². The first kappa shape index (κ1) is 12.8. The van der Waals surface area contributed by atoms with Gasteiger partial charge in [0.25, 0.3) is 0 Å². The molecule has 4 nitrogen and oxygen atoms in total. The van der Waals surface area contributed by atoms with E-state index in [1.807, 2.05) is 23.1 Å². The van der Waals surface area contributed by atoms with Crippen molar-refractivity contribution in [3.63, 3.8) is 0 Å². The largest absolute Gasteiger partial charge is 0.464 e. The lowest BCUT2D eigenvalue weighted by Crippen LogP contribution is -2.23. The molecule has 78 valence electrons. The van der Waals surface area contributed by atoms with Crippen molar-refractivity contribution in [1.82, 2.24) is 5.32 Å². The van der Waals surface area contributed by atoms with Gasteiger partial charge in [0.1, 0.15) is 5.70 Å². The first-order valence-corrected chi connectivity index (χ1v) is 4.55. The van der Waals surface area contributed by atoms with Gasteiger partial charge in [-0.2, -0.15) is 0 Å². The van der Waals surface area contributed by atoms with Gasteiger partial charge in [0.15, 0.2) is 0 Å². The maximum atomic E-state index is 11.1. The van der Waals surface area contributed by atoms with Gasteiger partial charge in [-0.25, -0.2) is 4.79 Å². The highest BCUT2D eigenvalue weighted by molar-refractivity contribution is 7.39. The summed E-state index contributed by atoms with van der Waals surface area (Å²) in [6, 6.07) is 0. The van der Waals surface area contributed by atoms with Crippen LogP contribution in [0.4, 0.5) is 4.79 Å². The molecular weight excluding hydrogens is 201 g/mol. The minimum atomic E-state index is -0.571. The predicted octanol–water partition coefficient (Wildman–Crippen LogP) is 1.59. The number of rotatable bonds is 3. The van der Waals surface area contributed by atoms with E-state index in [4.69, 9.17) is 0 Å². The number of carbonyl (C=O) groups is 2. The molecule has 0 rings (SSSR count). The summed E-state index contributed by atoms with van der Waals surface area (Å²) >= 11 is 0. The second-order valence-corrected chi connectivity index (χ2v) is 3.33. The van der Waals surface area contributed by atoms with Gasteiger partial charge in [-0.15, -0.1) is 0 Å². The van der Waals surface area contributed by atoms with Crippen LogP contribution < -0.4 is 5.32 Å². The second kappa shape index (κ2) is 6.33. The van der Waals surface area contributed by atoms with Gasteiger partial charge >= 0.3 is 5.97 Å². The van der Waals surface area contributed by atoms with Crippen molar-refractivity contribution in [2.24, 2.45) is 0 Å². The van der Waals surface area contributed by atoms with Crippen molar-refractivity contribution in [1.29, 1.82) is 0 Å². The van der Waals surface area contributed by atoms with Crippen LogP contribution in [-0.4, -0.2) is 18.7 Å². The summed E-state index contributed by atoms with van der Waals surface area (Å²) in [5.41, 5.74) is 0.752. The normalized spacial score (nSPS) is 10.4. The van der Waals surface area contributed by atoms with Crippen LogP contribution >= 0.6 is 9.24 Å². The lowest BCUT2D eigenvalue weighted by molar-refractivity contribution is -0.136. The lowest BCUT2D eigenvalue weighted by Gasteiger charge is -2.04. The van der Waals surface area contributed by atoms with Gasteiger partial charge in [0.2, 0.25) is 5.65 Å². The Bertz CT molecular complexity index is 290. The molecule has 0 aromatic rings. The number of methoxy groups -OCH3 is 1. The van der Waals surface area contributed by atoms with Crippen LogP contribution in [0.2, 0.25) is 0 Å². The van der Waals surface area contributed by atoms with Gasteiger partial charge in [0, 0.05) is 0 Å². The van der Waals surface area contributed by atoms with Crippen LogP contribution in [0, 0.1) is 0 Å². The molecular formula is C9H14NO3P. The number of esters is 1. The molecule has 1 unspecified atom stereocenters. The van der Waals surface area contributed by atoms with Crippen LogP contribution in [0.5, 0.6) is 0 Å². The molecule has 0 aromatic carbocycles. The van der Waals surface area contributed by atoms with Gasteiger partial charge in [-0.05, 0) is 29.2 Å². The summed E-state index contributed by atoms with van der Waals surface area (Å²) in [4.78, 5) is 21.8. The molecule has 0 aliphatic rings. The summed E-state index contributed by atoms with van der Waals surface area (Å²) in [5, 5.41) is 2.35. The van der Waals surface area contributed by atoms with E-state index in [-0.39, 0.29) is 11.3 Å². The molecule has 0 bridgehead atoms. The molecule has 0 saturated carbocycles. The summed E-state index contributed by atoms with van der Waals surface area (Å²) in [6.45, 7) is 3.77. The summed E-state index contributed by atoms with van der Waals surface area (Å²) in [6.07, 6.45) is 3.22. The van der Waals surface area contributed by atoms with Crippen molar-refractivity contribution < 1.29 is 14.3 Å². The van der Waals surface area contributed by atoms with E-state index in [9.17, 15) is 9.59 Å². The lowest BCUT2D eigenvalue weighted by atomic mass is 10.3. The first-order valence-electron chi connectivity index (χ1n) is 3.97. The summed E-state index contributed by atoms with van der Waals surface area (Å²) in [7, 11) is 3.18. The molecule has 0 radical (unpaired) electrons. The molecule has 0 heterocycles. The molecule has 0 aliphatic carbocycles. The topological polar surface area (TPSA) is 55.4 Å². The Morgan fingerprint density at radius 3 is 2.21 bits per heavy atom. The minimum absolute atomic E-state index is 0.119. The maximum Gasteiger partial charge on any atom is 0.354 e. The number of hydrogen-bond acceptors (Lipinski definition) is 3. The zero-order valence-corrected chi connectivity index (χ0v) is 9.61. The van der Waals surface area contributed by atoms with Crippen LogP contribution in [0.3, 0.4) is 0 Å². The van der Waals surface area contributed by atoms with E-state index in [1.165, 1.54) is 13.2 Å². The highest BCUT2D eigenvalue weighted by Crippen LogP contribution is 1.99. The van der Waals surface area contributed by atoms with Crippen molar-refractivity contribution in [2.75, 3.05) is 7.11 Å². The number of amides is 1. The molecule has 0 fully saturated rings. The van der Waals surface area contributed by atoms with Crippen LogP contribution in [0.15, 0.2) is 23.4 Å². The van der Waals surface area contributed by atoms with Crippen molar-refractivity contribution >= 4 is 20.9 Å². The maximum absolute atomic E-state index is 11.1. The van der Waals surface area contributed by atoms with E-state index in [1.54, 1.807) is 6.08 Å². The minimum Gasteiger partial charge on any atom is -0.464 e. The van der Waals surface area contributed by atoms with E-state index in [0.29, 0.717) is 0 Å². The fraction of sp³-hybridized carbons (Fsp3) is 0.333. The molecule has 5 heteroatoms. The summed E-state index contributed by atoms with van der Waals surface area (Å²) < 4.78 is 4.49. The molecule has 14 heavy (non-hydrogen) atoms. The molecule has 1 amide bonds.